The standard InChI is InChI=1S/C20H11N3O2S/c24-19-13-6-2-8-15-17(13)18(23-26-15)12-5-1-7-14(16(12)19)22-20(25)11-4-3-9-21-10-11/h1-10H,(H,22,25). The van der Waals surface area contributed by atoms with Crippen LogP contribution in [0, 0.1) is 0 Å². The van der Waals surface area contributed by atoms with E-state index in [9.17, 15) is 9.59 Å². The molecule has 0 radical (unpaired) electrons. The fourth-order valence-electron chi connectivity index (χ4n) is 3.29. The molecule has 4 aromatic rings. The van der Waals surface area contributed by atoms with Crippen molar-refractivity contribution in [3.05, 3.63) is 77.6 Å². The highest BCUT2D eigenvalue weighted by molar-refractivity contribution is 7.13. The maximum Gasteiger partial charge on any atom is 0.257 e. The van der Waals surface area contributed by atoms with Crippen LogP contribution in [0.5, 0.6) is 0 Å². The number of pyridine rings is 1. The van der Waals surface area contributed by atoms with Crippen LogP contribution < -0.4 is 5.32 Å². The van der Waals surface area contributed by atoms with E-state index in [-0.39, 0.29) is 11.7 Å². The van der Waals surface area contributed by atoms with Gasteiger partial charge in [0.25, 0.3) is 5.91 Å². The van der Waals surface area contributed by atoms with E-state index in [1.54, 1.807) is 24.4 Å². The molecule has 124 valence electrons. The van der Waals surface area contributed by atoms with Crippen LogP contribution in [0.4, 0.5) is 5.69 Å². The summed E-state index contributed by atoms with van der Waals surface area (Å²) in [5.74, 6) is -0.401. The largest absolute Gasteiger partial charge is 0.321 e. The second kappa shape index (κ2) is 5.57. The first-order chi connectivity index (χ1) is 12.7. The minimum absolute atomic E-state index is 0.0969. The Kier molecular flexibility index (Phi) is 3.20. The highest BCUT2D eigenvalue weighted by Crippen LogP contribution is 2.42. The van der Waals surface area contributed by atoms with Gasteiger partial charge in [-0.1, -0.05) is 24.3 Å². The minimum Gasteiger partial charge on any atom is -0.321 e. The number of carbonyl (C=O) groups excluding carboxylic acids is 2. The molecule has 0 unspecified atom stereocenters. The number of amides is 1. The summed E-state index contributed by atoms with van der Waals surface area (Å²) in [6.45, 7) is 0. The molecule has 1 aliphatic rings. The Balaban J connectivity index is 1.67. The molecular formula is C20H11N3O2S. The highest BCUT2D eigenvalue weighted by Gasteiger charge is 2.30. The molecule has 2 aromatic heterocycles. The lowest BCUT2D eigenvalue weighted by Gasteiger charge is -2.18. The van der Waals surface area contributed by atoms with Crippen LogP contribution in [0.1, 0.15) is 26.3 Å². The van der Waals surface area contributed by atoms with Gasteiger partial charge in [0.05, 0.1) is 27.2 Å². The molecule has 5 nitrogen and oxygen atoms in total. The summed E-state index contributed by atoms with van der Waals surface area (Å²) < 4.78 is 5.53. The Bertz CT molecular complexity index is 1200. The number of rotatable bonds is 2. The number of benzene rings is 2. The van der Waals surface area contributed by atoms with Crippen molar-refractivity contribution in [2.24, 2.45) is 0 Å². The highest BCUT2D eigenvalue weighted by atomic mass is 32.1. The van der Waals surface area contributed by atoms with Crippen molar-refractivity contribution >= 4 is 39.0 Å². The Morgan fingerprint density at radius 1 is 1.00 bits per heavy atom. The monoisotopic (exact) mass is 357 g/mol. The van der Waals surface area contributed by atoms with Gasteiger partial charge in [-0.3, -0.25) is 14.6 Å². The molecule has 1 aliphatic carbocycles. The fraction of sp³-hybridized carbons (Fsp3) is 0. The van der Waals surface area contributed by atoms with Crippen LogP contribution in [0.25, 0.3) is 21.3 Å². The van der Waals surface area contributed by atoms with Gasteiger partial charge in [-0.15, -0.1) is 0 Å². The summed E-state index contributed by atoms with van der Waals surface area (Å²) >= 11 is 1.38. The lowest BCUT2D eigenvalue weighted by atomic mass is 9.86. The Labute approximate surface area is 152 Å². The van der Waals surface area contributed by atoms with E-state index in [0.29, 0.717) is 22.4 Å². The van der Waals surface area contributed by atoms with E-state index in [0.717, 1.165) is 21.3 Å². The number of ketones is 1. The number of hydrogen-bond donors (Lipinski definition) is 1. The Hall–Kier alpha value is -3.38. The lowest BCUT2D eigenvalue weighted by Crippen LogP contribution is -2.17. The average Bonchev–Trinajstić information content (AvgIpc) is 3.12. The van der Waals surface area contributed by atoms with Crippen molar-refractivity contribution in [2.75, 3.05) is 5.32 Å². The fourth-order valence-corrected chi connectivity index (χ4v) is 4.11. The first-order valence-electron chi connectivity index (χ1n) is 8.02. The van der Waals surface area contributed by atoms with Crippen LogP contribution in [0.2, 0.25) is 0 Å². The van der Waals surface area contributed by atoms with Gasteiger partial charge in [0.1, 0.15) is 0 Å². The van der Waals surface area contributed by atoms with Crippen LogP contribution in [0.3, 0.4) is 0 Å². The summed E-state index contributed by atoms with van der Waals surface area (Å²) in [6, 6.07) is 14.4. The summed E-state index contributed by atoms with van der Waals surface area (Å²) in [5, 5.41) is 3.74. The van der Waals surface area contributed by atoms with Gasteiger partial charge in [0.15, 0.2) is 5.78 Å². The molecule has 0 atom stereocenters. The van der Waals surface area contributed by atoms with E-state index in [2.05, 4.69) is 14.7 Å². The molecular weight excluding hydrogens is 346 g/mol. The van der Waals surface area contributed by atoms with Gasteiger partial charge >= 0.3 is 0 Å². The topological polar surface area (TPSA) is 72.0 Å². The SMILES string of the molecule is O=C(Nc1cccc2c1C(=O)c1cccc3snc-2c13)c1cccnc1. The number of hydrogen-bond acceptors (Lipinski definition) is 5. The smallest absolute Gasteiger partial charge is 0.257 e. The Morgan fingerprint density at radius 3 is 2.69 bits per heavy atom. The average molecular weight is 357 g/mol. The number of carbonyl (C=O) groups is 2. The third kappa shape index (κ3) is 2.09. The quantitative estimate of drug-likeness (QED) is 0.515. The number of fused-ring (bicyclic) bond motifs is 2. The molecule has 0 saturated carbocycles. The number of nitrogens with zero attached hydrogens (tertiary/aromatic N) is 2. The molecule has 2 aromatic carbocycles. The zero-order valence-corrected chi connectivity index (χ0v) is 14.2. The molecule has 0 saturated heterocycles. The molecule has 0 aliphatic heterocycles. The first-order valence-corrected chi connectivity index (χ1v) is 8.79. The third-order valence-electron chi connectivity index (χ3n) is 4.46. The maximum absolute atomic E-state index is 13.1. The van der Waals surface area contributed by atoms with Crippen LogP contribution in [0.15, 0.2) is 60.9 Å². The normalized spacial score (nSPS) is 12.1. The van der Waals surface area contributed by atoms with E-state index >= 15 is 0 Å². The second-order valence-electron chi connectivity index (χ2n) is 5.96. The van der Waals surface area contributed by atoms with Gasteiger partial charge in [-0.25, -0.2) is 0 Å². The lowest BCUT2D eigenvalue weighted by molar-refractivity contribution is 0.102. The summed E-state index contributed by atoms with van der Waals surface area (Å²) in [5.41, 5.74) is 3.58. The first kappa shape index (κ1) is 14.9. The van der Waals surface area contributed by atoms with Crippen LogP contribution in [-0.2, 0) is 0 Å². The summed E-state index contributed by atoms with van der Waals surface area (Å²) in [7, 11) is 0. The van der Waals surface area contributed by atoms with E-state index in [1.165, 1.54) is 17.7 Å². The second-order valence-corrected chi connectivity index (χ2v) is 6.77. The van der Waals surface area contributed by atoms with Crippen molar-refractivity contribution < 1.29 is 9.59 Å². The van der Waals surface area contributed by atoms with Crippen molar-refractivity contribution in [3.8, 4) is 11.3 Å². The zero-order chi connectivity index (χ0) is 17.7. The number of aromatic nitrogens is 2. The van der Waals surface area contributed by atoms with Crippen molar-refractivity contribution in [3.63, 3.8) is 0 Å². The van der Waals surface area contributed by atoms with Crippen LogP contribution in [-0.4, -0.2) is 21.0 Å². The van der Waals surface area contributed by atoms with Gasteiger partial charge in [0.2, 0.25) is 0 Å². The van der Waals surface area contributed by atoms with Crippen molar-refractivity contribution in [2.45, 2.75) is 0 Å². The predicted octanol–water partition coefficient (Wildman–Crippen LogP) is 4.16. The molecule has 1 amide bonds. The maximum atomic E-state index is 13.1. The Morgan fingerprint density at radius 2 is 1.85 bits per heavy atom. The zero-order valence-electron chi connectivity index (χ0n) is 13.4. The van der Waals surface area contributed by atoms with E-state index in [1.807, 2.05) is 30.3 Å². The minimum atomic E-state index is -0.304. The number of nitrogens with one attached hydrogen (secondary N) is 1. The van der Waals surface area contributed by atoms with E-state index in [4.69, 9.17) is 0 Å². The molecule has 0 fully saturated rings. The van der Waals surface area contributed by atoms with Gasteiger partial charge in [0, 0.05) is 28.9 Å². The van der Waals surface area contributed by atoms with Gasteiger partial charge in [-0.05, 0) is 35.8 Å². The molecule has 1 N–H and O–H groups in total. The molecule has 5 rings (SSSR count). The van der Waals surface area contributed by atoms with Gasteiger partial charge in [-0.2, -0.15) is 4.37 Å². The molecule has 0 spiro atoms. The summed E-state index contributed by atoms with van der Waals surface area (Å²) in [6.07, 6.45) is 3.10. The molecule has 0 bridgehead atoms. The third-order valence-corrected chi connectivity index (χ3v) is 5.27. The van der Waals surface area contributed by atoms with Crippen molar-refractivity contribution in [1.82, 2.24) is 9.36 Å². The van der Waals surface area contributed by atoms with Crippen molar-refractivity contribution in [1.29, 1.82) is 0 Å². The van der Waals surface area contributed by atoms with E-state index < -0.39 is 0 Å². The molecule has 2 heterocycles. The molecule has 26 heavy (non-hydrogen) atoms. The predicted molar refractivity (Wildman–Crippen MR) is 101 cm³/mol. The van der Waals surface area contributed by atoms with Crippen LogP contribution >= 0.6 is 11.5 Å². The molecule has 6 heteroatoms. The van der Waals surface area contributed by atoms with Gasteiger partial charge < -0.3 is 5.32 Å². The number of anilines is 1. The summed E-state index contributed by atoms with van der Waals surface area (Å²) in [4.78, 5) is 29.6.